The van der Waals surface area contributed by atoms with Gasteiger partial charge in [0.1, 0.15) is 6.04 Å². The van der Waals surface area contributed by atoms with Gasteiger partial charge in [-0.2, -0.15) is 0 Å². The molecule has 1 fully saturated rings. The van der Waals surface area contributed by atoms with E-state index in [4.69, 9.17) is 5.11 Å². The van der Waals surface area contributed by atoms with Gasteiger partial charge in [-0.1, -0.05) is 20.3 Å². The molecule has 0 bridgehead atoms. The fourth-order valence-electron chi connectivity index (χ4n) is 2.55. The molecule has 0 aromatic heterocycles. The second-order valence-corrected chi connectivity index (χ2v) is 6.06. The van der Waals surface area contributed by atoms with Crippen molar-refractivity contribution in [1.29, 1.82) is 0 Å². The van der Waals surface area contributed by atoms with Crippen molar-refractivity contribution in [2.45, 2.75) is 52.5 Å². The van der Waals surface area contributed by atoms with Crippen molar-refractivity contribution in [1.82, 2.24) is 10.6 Å². The molecule has 2 amide bonds. The molecule has 0 radical (unpaired) electrons. The molecule has 0 aromatic carbocycles. The molecule has 1 unspecified atom stereocenters. The highest BCUT2D eigenvalue weighted by Crippen LogP contribution is 2.43. The van der Waals surface area contributed by atoms with Crippen LogP contribution in [0.4, 0.5) is 0 Å². The van der Waals surface area contributed by atoms with E-state index >= 15 is 0 Å². The topological polar surface area (TPSA) is 95.5 Å². The summed E-state index contributed by atoms with van der Waals surface area (Å²) in [6.45, 7) is 5.45. The predicted molar refractivity (Wildman–Crippen MR) is 74.0 cm³/mol. The first-order valence-electron chi connectivity index (χ1n) is 7.02. The van der Waals surface area contributed by atoms with Crippen LogP contribution >= 0.6 is 0 Å². The van der Waals surface area contributed by atoms with Crippen molar-refractivity contribution >= 4 is 17.8 Å². The van der Waals surface area contributed by atoms with Crippen molar-refractivity contribution < 1.29 is 19.5 Å². The van der Waals surface area contributed by atoms with E-state index in [1.807, 2.05) is 13.8 Å². The van der Waals surface area contributed by atoms with E-state index < -0.39 is 12.0 Å². The molecular formula is C14H24N2O4. The van der Waals surface area contributed by atoms with Gasteiger partial charge in [-0.25, -0.2) is 0 Å². The Balaban J connectivity index is 2.55. The minimum Gasteiger partial charge on any atom is -0.481 e. The van der Waals surface area contributed by atoms with Gasteiger partial charge in [0.25, 0.3) is 0 Å². The van der Waals surface area contributed by atoms with Gasteiger partial charge in [0.05, 0.1) is 6.42 Å². The second kappa shape index (κ2) is 6.72. The van der Waals surface area contributed by atoms with Crippen molar-refractivity contribution in [3.63, 3.8) is 0 Å². The minimum absolute atomic E-state index is 0.0179. The standard InChI is InChI=1S/C14H24N2O4/c1-9(2)12(16-10(3)17)13(20)15-8-14(5-4-6-14)7-11(18)19/h9,12H,4-8H2,1-3H3,(H,15,20)(H,16,17)(H,18,19). The molecule has 0 aromatic rings. The summed E-state index contributed by atoms with van der Waals surface area (Å²) in [7, 11) is 0. The van der Waals surface area contributed by atoms with Crippen LogP contribution in [0.2, 0.25) is 0 Å². The Labute approximate surface area is 119 Å². The third-order valence-corrected chi connectivity index (χ3v) is 3.89. The molecule has 0 saturated heterocycles. The lowest BCUT2D eigenvalue weighted by Gasteiger charge is -2.41. The molecular weight excluding hydrogens is 260 g/mol. The van der Waals surface area contributed by atoms with Crippen LogP contribution in [0.5, 0.6) is 0 Å². The fourth-order valence-corrected chi connectivity index (χ4v) is 2.55. The number of hydrogen-bond acceptors (Lipinski definition) is 3. The van der Waals surface area contributed by atoms with Crippen LogP contribution in [0.25, 0.3) is 0 Å². The van der Waals surface area contributed by atoms with Crippen LogP contribution in [0.3, 0.4) is 0 Å². The number of aliphatic carboxylic acids is 1. The SMILES string of the molecule is CC(=O)NC(C(=O)NCC1(CC(=O)O)CCC1)C(C)C. The van der Waals surface area contributed by atoms with Gasteiger partial charge in [0.2, 0.25) is 11.8 Å². The smallest absolute Gasteiger partial charge is 0.303 e. The van der Waals surface area contributed by atoms with E-state index in [0.29, 0.717) is 6.54 Å². The van der Waals surface area contributed by atoms with E-state index in [0.717, 1.165) is 19.3 Å². The number of carboxylic acids is 1. The average Bonchev–Trinajstić information content (AvgIpc) is 2.27. The maximum Gasteiger partial charge on any atom is 0.303 e. The Kier molecular flexibility index (Phi) is 5.53. The first-order valence-corrected chi connectivity index (χ1v) is 7.02. The highest BCUT2D eigenvalue weighted by molar-refractivity contribution is 5.87. The summed E-state index contributed by atoms with van der Waals surface area (Å²) in [5.74, 6) is -1.34. The van der Waals surface area contributed by atoms with Gasteiger partial charge in [0.15, 0.2) is 0 Å². The normalized spacial score (nSPS) is 18.0. The molecule has 1 atom stereocenters. The van der Waals surface area contributed by atoms with Crippen molar-refractivity contribution in [2.75, 3.05) is 6.54 Å². The molecule has 1 rings (SSSR count). The van der Waals surface area contributed by atoms with E-state index in [9.17, 15) is 14.4 Å². The fraction of sp³-hybridized carbons (Fsp3) is 0.786. The first-order chi connectivity index (χ1) is 9.26. The van der Waals surface area contributed by atoms with Crippen LogP contribution in [0.15, 0.2) is 0 Å². The third kappa shape index (κ3) is 4.51. The number of carbonyl (C=O) groups excluding carboxylic acids is 2. The highest BCUT2D eigenvalue weighted by Gasteiger charge is 2.39. The van der Waals surface area contributed by atoms with Crippen LogP contribution in [0, 0.1) is 11.3 Å². The Morgan fingerprint density at radius 1 is 1.25 bits per heavy atom. The summed E-state index contributed by atoms with van der Waals surface area (Å²) in [4.78, 5) is 34.1. The average molecular weight is 284 g/mol. The zero-order chi connectivity index (χ0) is 15.3. The number of amides is 2. The molecule has 1 aliphatic rings. The van der Waals surface area contributed by atoms with Gasteiger partial charge in [-0.15, -0.1) is 0 Å². The van der Waals surface area contributed by atoms with Gasteiger partial charge in [0, 0.05) is 13.5 Å². The Morgan fingerprint density at radius 2 is 1.85 bits per heavy atom. The zero-order valence-electron chi connectivity index (χ0n) is 12.4. The Bertz CT molecular complexity index is 389. The summed E-state index contributed by atoms with van der Waals surface area (Å²) < 4.78 is 0. The zero-order valence-corrected chi connectivity index (χ0v) is 12.4. The molecule has 6 heteroatoms. The lowest BCUT2D eigenvalue weighted by Crippen LogP contribution is -2.52. The van der Waals surface area contributed by atoms with Gasteiger partial charge >= 0.3 is 5.97 Å². The maximum absolute atomic E-state index is 12.1. The molecule has 0 heterocycles. The molecule has 0 aliphatic heterocycles. The number of carbonyl (C=O) groups is 3. The quantitative estimate of drug-likeness (QED) is 0.647. The van der Waals surface area contributed by atoms with Gasteiger partial charge in [-0.3, -0.25) is 14.4 Å². The molecule has 114 valence electrons. The second-order valence-electron chi connectivity index (χ2n) is 6.06. The van der Waals surface area contributed by atoms with Crippen LogP contribution in [-0.4, -0.2) is 35.5 Å². The predicted octanol–water partition coefficient (Wildman–Crippen LogP) is 0.908. The molecule has 1 aliphatic carbocycles. The molecule has 3 N–H and O–H groups in total. The molecule has 1 saturated carbocycles. The van der Waals surface area contributed by atoms with Crippen molar-refractivity contribution in [3.8, 4) is 0 Å². The van der Waals surface area contributed by atoms with E-state index in [1.54, 1.807) is 0 Å². The summed E-state index contributed by atoms with van der Waals surface area (Å²) in [5, 5.41) is 14.4. The lowest BCUT2D eigenvalue weighted by atomic mass is 9.66. The van der Waals surface area contributed by atoms with Crippen LogP contribution in [-0.2, 0) is 14.4 Å². The van der Waals surface area contributed by atoms with Crippen molar-refractivity contribution in [3.05, 3.63) is 0 Å². The number of carboxylic acid groups (broad SMARTS) is 1. The molecule has 20 heavy (non-hydrogen) atoms. The Morgan fingerprint density at radius 3 is 2.20 bits per heavy atom. The van der Waals surface area contributed by atoms with E-state index in [1.165, 1.54) is 6.92 Å². The van der Waals surface area contributed by atoms with E-state index in [2.05, 4.69) is 10.6 Å². The summed E-state index contributed by atoms with van der Waals surface area (Å²) >= 11 is 0. The molecule has 6 nitrogen and oxygen atoms in total. The summed E-state index contributed by atoms with van der Waals surface area (Å²) in [6, 6.07) is -0.575. The Hall–Kier alpha value is -1.59. The van der Waals surface area contributed by atoms with E-state index in [-0.39, 0.29) is 29.6 Å². The number of rotatable bonds is 7. The lowest BCUT2D eigenvalue weighted by molar-refractivity contribution is -0.142. The monoisotopic (exact) mass is 284 g/mol. The van der Waals surface area contributed by atoms with Gasteiger partial charge in [-0.05, 0) is 24.2 Å². The molecule has 0 spiro atoms. The largest absolute Gasteiger partial charge is 0.481 e. The van der Waals surface area contributed by atoms with Crippen molar-refractivity contribution in [2.24, 2.45) is 11.3 Å². The number of hydrogen-bond donors (Lipinski definition) is 3. The summed E-state index contributed by atoms with van der Waals surface area (Å²) in [6.07, 6.45) is 2.74. The first kappa shape index (κ1) is 16.5. The summed E-state index contributed by atoms with van der Waals surface area (Å²) in [5.41, 5.74) is -0.306. The minimum atomic E-state index is -0.832. The van der Waals surface area contributed by atoms with Crippen LogP contribution < -0.4 is 10.6 Å². The van der Waals surface area contributed by atoms with Crippen LogP contribution in [0.1, 0.15) is 46.5 Å². The highest BCUT2D eigenvalue weighted by atomic mass is 16.4. The number of nitrogens with one attached hydrogen (secondary N) is 2. The third-order valence-electron chi connectivity index (χ3n) is 3.89. The van der Waals surface area contributed by atoms with Gasteiger partial charge < -0.3 is 15.7 Å². The maximum atomic E-state index is 12.1.